The Morgan fingerprint density at radius 1 is 1.19 bits per heavy atom. The van der Waals surface area contributed by atoms with Crippen LogP contribution in [0.25, 0.3) is 0 Å². The monoisotopic (exact) mass is 287 g/mol. The van der Waals surface area contributed by atoms with E-state index in [0.29, 0.717) is 23.7 Å². The molecule has 0 radical (unpaired) electrons. The molecule has 2 rings (SSSR count). The van der Waals surface area contributed by atoms with Crippen LogP contribution in [-0.4, -0.2) is 25.2 Å². The van der Waals surface area contributed by atoms with Crippen molar-refractivity contribution in [1.29, 1.82) is 0 Å². The van der Waals surface area contributed by atoms with Crippen LogP contribution in [0.3, 0.4) is 0 Å². The Kier molecular flexibility index (Phi) is 4.77. The van der Waals surface area contributed by atoms with Gasteiger partial charge < -0.3 is 14.2 Å². The second kappa shape index (κ2) is 6.74. The van der Waals surface area contributed by atoms with E-state index in [1.807, 2.05) is 19.1 Å². The van der Waals surface area contributed by atoms with E-state index in [-0.39, 0.29) is 0 Å². The summed E-state index contributed by atoms with van der Waals surface area (Å²) in [4.78, 5) is 15.8. The zero-order chi connectivity index (χ0) is 15.2. The quantitative estimate of drug-likeness (QED) is 0.791. The molecule has 1 aromatic carbocycles. The zero-order valence-electron chi connectivity index (χ0n) is 12.3. The fourth-order valence-electron chi connectivity index (χ4n) is 1.85. The van der Waals surface area contributed by atoms with E-state index >= 15 is 0 Å². The van der Waals surface area contributed by atoms with E-state index in [2.05, 4.69) is 9.72 Å². The van der Waals surface area contributed by atoms with Crippen molar-refractivity contribution in [3.05, 3.63) is 53.3 Å². The van der Waals surface area contributed by atoms with Gasteiger partial charge in [0, 0.05) is 6.20 Å². The van der Waals surface area contributed by atoms with E-state index in [0.717, 1.165) is 11.3 Å². The number of pyridine rings is 1. The number of rotatable bonds is 5. The molecule has 21 heavy (non-hydrogen) atoms. The Morgan fingerprint density at radius 2 is 2.00 bits per heavy atom. The molecule has 0 fully saturated rings. The predicted molar refractivity (Wildman–Crippen MR) is 77.6 cm³/mol. The van der Waals surface area contributed by atoms with Gasteiger partial charge in [-0.25, -0.2) is 4.79 Å². The molecular formula is C16H17NO4. The van der Waals surface area contributed by atoms with Crippen molar-refractivity contribution >= 4 is 5.97 Å². The van der Waals surface area contributed by atoms with Crippen LogP contribution >= 0.6 is 0 Å². The maximum Gasteiger partial charge on any atom is 0.337 e. The minimum atomic E-state index is -0.416. The number of hydrogen-bond acceptors (Lipinski definition) is 5. The van der Waals surface area contributed by atoms with Gasteiger partial charge in [0.05, 0.1) is 25.5 Å². The first-order chi connectivity index (χ1) is 10.2. The van der Waals surface area contributed by atoms with Crippen molar-refractivity contribution in [2.24, 2.45) is 0 Å². The van der Waals surface area contributed by atoms with E-state index in [4.69, 9.17) is 9.47 Å². The average Bonchev–Trinajstić information content (AvgIpc) is 2.53. The lowest BCUT2D eigenvalue weighted by Gasteiger charge is -2.12. The molecule has 0 aliphatic heterocycles. The van der Waals surface area contributed by atoms with Crippen LogP contribution in [0, 0.1) is 6.92 Å². The smallest absolute Gasteiger partial charge is 0.337 e. The summed E-state index contributed by atoms with van der Waals surface area (Å²) in [5, 5.41) is 0. The zero-order valence-corrected chi connectivity index (χ0v) is 12.3. The molecule has 0 N–H and O–H groups in total. The van der Waals surface area contributed by atoms with Gasteiger partial charge in [-0.1, -0.05) is 6.07 Å². The van der Waals surface area contributed by atoms with Crippen molar-refractivity contribution in [3.8, 4) is 11.5 Å². The summed E-state index contributed by atoms with van der Waals surface area (Å²) in [5.74, 6) is 0.613. The van der Waals surface area contributed by atoms with Crippen LogP contribution < -0.4 is 9.47 Å². The molecule has 110 valence electrons. The Labute approximate surface area is 123 Å². The standard InChI is InChI=1S/C16H17NO4/c1-11-5-4-8-17-13(11)10-21-14-7-6-12(16(18)20-3)9-15(14)19-2/h4-9H,10H2,1-3H3. The lowest BCUT2D eigenvalue weighted by Crippen LogP contribution is -2.04. The van der Waals surface area contributed by atoms with Crippen LogP contribution in [0.2, 0.25) is 0 Å². The van der Waals surface area contributed by atoms with Gasteiger partial charge in [-0.3, -0.25) is 4.98 Å². The van der Waals surface area contributed by atoms with Crippen molar-refractivity contribution in [1.82, 2.24) is 4.98 Å². The number of hydrogen-bond donors (Lipinski definition) is 0. The molecule has 0 saturated heterocycles. The first-order valence-electron chi connectivity index (χ1n) is 6.45. The molecule has 1 aromatic heterocycles. The number of aryl methyl sites for hydroxylation is 1. The van der Waals surface area contributed by atoms with Crippen LogP contribution in [0.1, 0.15) is 21.6 Å². The van der Waals surface area contributed by atoms with Crippen molar-refractivity contribution in [3.63, 3.8) is 0 Å². The van der Waals surface area contributed by atoms with Gasteiger partial charge in [-0.05, 0) is 36.8 Å². The van der Waals surface area contributed by atoms with Gasteiger partial charge in [-0.2, -0.15) is 0 Å². The first-order valence-corrected chi connectivity index (χ1v) is 6.45. The van der Waals surface area contributed by atoms with Crippen molar-refractivity contribution < 1.29 is 19.0 Å². The molecule has 0 spiro atoms. The second-order valence-electron chi connectivity index (χ2n) is 4.41. The highest BCUT2D eigenvalue weighted by Gasteiger charge is 2.12. The van der Waals surface area contributed by atoms with Crippen LogP contribution in [-0.2, 0) is 11.3 Å². The summed E-state index contributed by atoms with van der Waals surface area (Å²) in [6.45, 7) is 2.31. The molecule has 0 aliphatic carbocycles. The third-order valence-electron chi connectivity index (χ3n) is 3.07. The average molecular weight is 287 g/mol. The van der Waals surface area contributed by atoms with Gasteiger partial charge in [-0.15, -0.1) is 0 Å². The molecule has 0 unspecified atom stereocenters. The summed E-state index contributed by atoms with van der Waals surface area (Å²) in [6, 6.07) is 8.76. The van der Waals surface area contributed by atoms with Gasteiger partial charge in [0.2, 0.25) is 0 Å². The number of aromatic nitrogens is 1. The molecule has 5 heteroatoms. The summed E-state index contributed by atoms with van der Waals surface area (Å²) in [5.41, 5.74) is 2.33. The number of carbonyl (C=O) groups excluding carboxylic acids is 1. The molecule has 0 atom stereocenters. The lowest BCUT2D eigenvalue weighted by atomic mass is 10.2. The van der Waals surface area contributed by atoms with E-state index < -0.39 is 5.97 Å². The number of methoxy groups -OCH3 is 2. The highest BCUT2D eigenvalue weighted by Crippen LogP contribution is 2.29. The van der Waals surface area contributed by atoms with Crippen molar-refractivity contribution in [2.45, 2.75) is 13.5 Å². The minimum Gasteiger partial charge on any atom is -0.493 e. The molecule has 0 bridgehead atoms. The Hall–Kier alpha value is -2.56. The number of ether oxygens (including phenoxy) is 3. The third kappa shape index (κ3) is 3.51. The molecule has 0 aliphatic rings. The number of nitrogens with zero attached hydrogens (tertiary/aromatic N) is 1. The van der Waals surface area contributed by atoms with E-state index in [1.165, 1.54) is 14.2 Å². The topological polar surface area (TPSA) is 57.7 Å². The normalized spacial score (nSPS) is 10.0. The largest absolute Gasteiger partial charge is 0.493 e. The molecule has 0 amide bonds. The highest BCUT2D eigenvalue weighted by molar-refractivity contribution is 5.90. The van der Waals surface area contributed by atoms with E-state index in [1.54, 1.807) is 24.4 Å². The van der Waals surface area contributed by atoms with E-state index in [9.17, 15) is 4.79 Å². The van der Waals surface area contributed by atoms with Gasteiger partial charge in [0.1, 0.15) is 6.61 Å². The van der Waals surface area contributed by atoms with Gasteiger partial charge >= 0.3 is 5.97 Å². The third-order valence-corrected chi connectivity index (χ3v) is 3.07. The van der Waals surface area contributed by atoms with Crippen LogP contribution in [0.4, 0.5) is 0 Å². The second-order valence-corrected chi connectivity index (χ2v) is 4.41. The number of carbonyl (C=O) groups is 1. The maximum atomic E-state index is 11.5. The molecule has 0 saturated carbocycles. The summed E-state index contributed by atoms with van der Waals surface area (Å²) in [6.07, 6.45) is 1.73. The fourth-order valence-corrected chi connectivity index (χ4v) is 1.85. The molecule has 5 nitrogen and oxygen atoms in total. The molecule has 2 aromatic rings. The maximum absolute atomic E-state index is 11.5. The molecular weight excluding hydrogens is 270 g/mol. The van der Waals surface area contributed by atoms with Gasteiger partial charge in [0.25, 0.3) is 0 Å². The SMILES string of the molecule is COC(=O)c1ccc(OCc2ncccc2C)c(OC)c1. The lowest BCUT2D eigenvalue weighted by molar-refractivity contribution is 0.0600. The van der Waals surface area contributed by atoms with Gasteiger partial charge in [0.15, 0.2) is 11.5 Å². The fraction of sp³-hybridized carbons (Fsp3) is 0.250. The Morgan fingerprint density at radius 3 is 2.67 bits per heavy atom. The minimum absolute atomic E-state index is 0.334. The number of esters is 1. The molecule has 1 heterocycles. The summed E-state index contributed by atoms with van der Waals surface area (Å²) in [7, 11) is 2.86. The van der Waals surface area contributed by atoms with Crippen LogP contribution in [0.5, 0.6) is 11.5 Å². The Bertz CT molecular complexity index is 640. The summed E-state index contributed by atoms with van der Waals surface area (Å²) >= 11 is 0. The first kappa shape index (κ1) is 14.8. The highest BCUT2D eigenvalue weighted by atomic mass is 16.5. The van der Waals surface area contributed by atoms with Crippen LogP contribution in [0.15, 0.2) is 36.5 Å². The Balaban J connectivity index is 2.17. The number of benzene rings is 1. The summed E-state index contributed by atoms with van der Waals surface area (Å²) < 4.78 is 15.6. The predicted octanol–water partition coefficient (Wildman–Crippen LogP) is 2.76. The van der Waals surface area contributed by atoms with Crippen molar-refractivity contribution in [2.75, 3.05) is 14.2 Å².